The van der Waals surface area contributed by atoms with Gasteiger partial charge in [0.15, 0.2) is 0 Å². The summed E-state index contributed by atoms with van der Waals surface area (Å²) >= 11 is 0. The third-order valence-corrected chi connectivity index (χ3v) is 5.28. The fraction of sp³-hybridized carbons (Fsp3) is 0.417. The van der Waals surface area contributed by atoms with Crippen LogP contribution in [0.5, 0.6) is 0 Å². The first kappa shape index (κ1) is 15.4. The highest BCUT2D eigenvalue weighted by Gasteiger charge is 2.37. The van der Waals surface area contributed by atoms with Crippen LogP contribution in [0.1, 0.15) is 19.3 Å². The summed E-state index contributed by atoms with van der Waals surface area (Å²) in [7, 11) is -4.06. The Morgan fingerprint density at radius 3 is 2.71 bits per heavy atom. The maximum atomic E-state index is 12.5. The molecule has 114 valence electrons. The van der Waals surface area contributed by atoms with Crippen LogP contribution in [0.15, 0.2) is 29.2 Å². The highest BCUT2D eigenvalue weighted by atomic mass is 32.2. The van der Waals surface area contributed by atoms with Crippen molar-refractivity contribution in [1.29, 1.82) is 0 Å². The number of rotatable bonds is 4. The molecule has 8 nitrogen and oxygen atoms in total. The van der Waals surface area contributed by atoms with E-state index >= 15 is 0 Å². The van der Waals surface area contributed by atoms with Gasteiger partial charge in [0.1, 0.15) is 6.04 Å². The van der Waals surface area contributed by atoms with Crippen molar-refractivity contribution < 1.29 is 23.2 Å². The van der Waals surface area contributed by atoms with Crippen LogP contribution in [-0.2, 0) is 14.8 Å². The molecule has 0 spiro atoms. The number of aliphatic carboxylic acids is 1. The second-order valence-corrected chi connectivity index (χ2v) is 6.61. The Labute approximate surface area is 121 Å². The lowest BCUT2D eigenvalue weighted by molar-refractivity contribution is -0.385. The number of nitro groups is 1. The lowest BCUT2D eigenvalue weighted by Gasteiger charge is -2.31. The molecule has 0 aromatic heterocycles. The largest absolute Gasteiger partial charge is 0.480 e. The zero-order valence-electron chi connectivity index (χ0n) is 11.0. The van der Waals surface area contributed by atoms with Gasteiger partial charge in [0.25, 0.3) is 5.69 Å². The Morgan fingerprint density at radius 1 is 1.38 bits per heavy atom. The minimum atomic E-state index is -4.06. The molecular weight excluding hydrogens is 300 g/mol. The van der Waals surface area contributed by atoms with E-state index in [1.807, 2.05) is 0 Å². The molecule has 1 heterocycles. The molecule has 1 fully saturated rings. The molecule has 1 aliphatic rings. The molecule has 1 aliphatic heterocycles. The molecule has 1 saturated heterocycles. The van der Waals surface area contributed by atoms with Crippen molar-refractivity contribution in [2.24, 2.45) is 0 Å². The Morgan fingerprint density at radius 2 is 2.10 bits per heavy atom. The number of carboxylic acids is 1. The average molecular weight is 314 g/mol. The number of nitro benzene ring substituents is 1. The summed E-state index contributed by atoms with van der Waals surface area (Å²) in [5.41, 5.74) is -0.347. The minimum absolute atomic E-state index is 0.0992. The fourth-order valence-electron chi connectivity index (χ4n) is 2.33. The predicted octanol–water partition coefficient (Wildman–Crippen LogP) is 1.22. The first-order chi connectivity index (χ1) is 9.84. The van der Waals surface area contributed by atoms with E-state index in [0.29, 0.717) is 12.8 Å². The van der Waals surface area contributed by atoms with E-state index in [-0.39, 0.29) is 23.5 Å². The van der Waals surface area contributed by atoms with Crippen LogP contribution in [0.3, 0.4) is 0 Å². The molecule has 1 aromatic rings. The van der Waals surface area contributed by atoms with Crippen molar-refractivity contribution in [2.75, 3.05) is 6.54 Å². The van der Waals surface area contributed by atoms with Gasteiger partial charge < -0.3 is 5.11 Å². The molecule has 0 aliphatic carbocycles. The zero-order valence-corrected chi connectivity index (χ0v) is 11.8. The number of carbonyl (C=O) groups is 1. The van der Waals surface area contributed by atoms with E-state index in [9.17, 15) is 23.3 Å². The van der Waals surface area contributed by atoms with E-state index in [1.165, 1.54) is 18.2 Å². The molecule has 1 aromatic carbocycles. The van der Waals surface area contributed by atoms with Gasteiger partial charge >= 0.3 is 5.97 Å². The van der Waals surface area contributed by atoms with E-state index in [4.69, 9.17) is 5.11 Å². The SMILES string of the molecule is O=C(O)[C@H]1CCCCN1S(=O)(=O)c1cccc([N+](=O)[O-])c1. The third kappa shape index (κ3) is 3.03. The fourth-order valence-corrected chi connectivity index (χ4v) is 4.02. The molecular formula is C12H14N2O6S. The van der Waals surface area contributed by atoms with Crippen molar-refractivity contribution in [2.45, 2.75) is 30.2 Å². The molecule has 0 unspecified atom stereocenters. The predicted molar refractivity (Wildman–Crippen MR) is 72.3 cm³/mol. The quantitative estimate of drug-likeness (QED) is 0.659. The van der Waals surface area contributed by atoms with Crippen molar-refractivity contribution in [3.05, 3.63) is 34.4 Å². The van der Waals surface area contributed by atoms with Crippen LogP contribution in [-0.4, -0.2) is 41.3 Å². The van der Waals surface area contributed by atoms with Gasteiger partial charge in [-0.3, -0.25) is 14.9 Å². The van der Waals surface area contributed by atoms with E-state index in [2.05, 4.69) is 0 Å². The van der Waals surface area contributed by atoms with E-state index < -0.39 is 27.0 Å². The Kier molecular flexibility index (Phi) is 4.24. The Balaban J connectivity index is 2.43. The standard InChI is InChI=1S/C12H14N2O6S/c15-12(16)11-6-1-2-7-13(11)21(19,20)10-5-3-4-9(8-10)14(17)18/h3-5,8,11H,1-2,6-7H2,(H,15,16)/t11-/m1/s1. The highest BCUT2D eigenvalue weighted by Crippen LogP contribution is 2.27. The number of hydrogen-bond acceptors (Lipinski definition) is 5. The number of nitrogens with zero attached hydrogens (tertiary/aromatic N) is 2. The lowest BCUT2D eigenvalue weighted by atomic mass is 10.1. The number of benzene rings is 1. The van der Waals surface area contributed by atoms with Crippen molar-refractivity contribution in [3.8, 4) is 0 Å². The molecule has 0 radical (unpaired) electrons. The molecule has 1 atom stereocenters. The summed E-state index contributed by atoms with van der Waals surface area (Å²) in [4.78, 5) is 21.0. The second-order valence-electron chi connectivity index (χ2n) is 4.72. The number of hydrogen-bond donors (Lipinski definition) is 1. The summed E-state index contributed by atoms with van der Waals surface area (Å²) in [6.45, 7) is 0.0992. The van der Waals surface area contributed by atoms with Gasteiger partial charge in [-0.15, -0.1) is 0 Å². The maximum absolute atomic E-state index is 12.5. The van der Waals surface area contributed by atoms with Crippen molar-refractivity contribution >= 4 is 21.7 Å². The van der Waals surface area contributed by atoms with Crippen LogP contribution < -0.4 is 0 Å². The number of sulfonamides is 1. The summed E-state index contributed by atoms with van der Waals surface area (Å²) in [5, 5.41) is 19.9. The first-order valence-electron chi connectivity index (χ1n) is 6.33. The molecule has 0 bridgehead atoms. The average Bonchev–Trinajstić information content (AvgIpc) is 2.47. The van der Waals surface area contributed by atoms with E-state index in [1.54, 1.807) is 0 Å². The molecule has 9 heteroatoms. The Hall–Kier alpha value is -2.00. The highest BCUT2D eigenvalue weighted by molar-refractivity contribution is 7.89. The van der Waals surface area contributed by atoms with Gasteiger partial charge in [-0.05, 0) is 25.3 Å². The summed E-state index contributed by atoms with van der Waals surface area (Å²) < 4.78 is 25.9. The van der Waals surface area contributed by atoms with Gasteiger partial charge in [-0.25, -0.2) is 8.42 Å². The number of non-ortho nitro benzene ring substituents is 1. The van der Waals surface area contributed by atoms with Gasteiger partial charge in [0.05, 0.1) is 9.82 Å². The van der Waals surface area contributed by atoms with E-state index in [0.717, 1.165) is 10.4 Å². The van der Waals surface area contributed by atoms with Crippen LogP contribution in [0.4, 0.5) is 5.69 Å². The first-order valence-corrected chi connectivity index (χ1v) is 7.77. The van der Waals surface area contributed by atoms with Gasteiger partial charge in [0.2, 0.25) is 10.0 Å². The van der Waals surface area contributed by atoms with Gasteiger partial charge in [0, 0.05) is 18.7 Å². The number of carboxylic acid groups (broad SMARTS) is 1. The van der Waals surface area contributed by atoms with Crippen molar-refractivity contribution in [3.63, 3.8) is 0 Å². The van der Waals surface area contributed by atoms with Crippen LogP contribution in [0.2, 0.25) is 0 Å². The third-order valence-electron chi connectivity index (χ3n) is 3.37. The zero-order chi connectivity index (χ0) is 15.6. The minimum Gasteiger partial charge on any atom is -0.480 e. The topological polar surface area (TPSA) is 118 Å². The Bertz CT molecular complexity index is 672. The smallest absolute Gasteiger partial charge is 0.322 e. The second kappa shape index (κ2) is 5.78. The molecule has 0 amide bonds. The number of piperidine rings is 1. The summed E-state index contributed by atoms with van der Waals surface area (Å²) in [5.74, 6) is -1.20. The summed E-state index contributed by atoms with van der Waals surface area (Å²) in [6.07, 6.45) is 1.44. The summed E-state index contributed by atoms with van der Waals surface area (Å²) in [6, 6.07) is 3.51. The van der Waals surface area contributed by atoms with Crippen LogP contribution in [0, 0.1) is 10.1 Å². The van der Waals surface area contributed by atoms with Gasteiger partial charge in [-0.2, -0.15) is 4.31 Å². The molecule has 2 rings (SSSR count). The van der Waals surface area contributed by atoms with Gasteiger partial charge in [-0.1, -0.05) is 6.07 Å². The van der Waals surface area contributed by atoms with Crippen molar-refractivity contribution in [1.82, 2.24) is 4.31 Å². The lowest BCUT2D eigenvalue weighted by Crippen LogP contribution is -2.47. The molecule has 0 saturated carbocycles. The molecule has 1 N–H and O–H groups in total. The van der Waals surface area contributed by atoms with Crippen LogP contribution in [0.25, 0.3) is 0 Å². The monoisotopic (exact) mass is 314 g/mol. The normalized spacial score (nSPS) is 20.1. The maximum Gasteiger partial charge on any atom is 0.322 e. The molecule has 21 heavy (non-hydrogen) atoms. The van der Waals surface area contributed by atoms with Crippen LogP contribution >= 0.6 is 0 Å².